The number of nitrogens with two attached hydrogens (primary N) is 2. The highest BCUT2D eigenvalue weighted by Gasteiger charge is 2.18. The summed E-state index contributed by atoms with van der Waals surface area (Å²) in [5.74, 6) is -0.509. The van der Waals surface area contributed by atoms with E-state index < -0.39 is 5.97 Å². The van der Waals surface area contributed by atoms with Crippen LogP contribution < -0.4 is 11.5 Å². The first kappa shape index (κ1) is 25.5. The lowest BCUT2D eigenvalue weighted by Gasteiger charge is -2.07. The lowest BCUT2D eigenvalue weighted by molar-refractivity contribution is -0.142. The zero-order chi connectivity index (χ0) is 21.0. The second-order valence-electron chi connectivity index (χ2n) is 6.45. The van der Waals surface area contributed by atoms with Crippen LogP contribution in [0.5, 0.6) is 0 Å². The van der Waals surface area contributed by atoms with Crippen LogP contribution in [0.4, 0.5) is 0 Å². The number of hydrogen-bond donors (Lipinski definition) is 5. The number of aromatic amines is 1. The van der Waals surface area contributed by atoms with Crippen LogP contribution >= 0.6 is 24.8 Å². The monoisotopic (exact) mass is 460 g/mol. The van der Waals surface area contributed by atoms with Crippen LogP contribution in [0.1, 0.15) is 23.1 Å². The Morgan fingerprint density at radius 2 is 1.65 bits per heavy atom. The summed E-state index contributed by atoms with van der Waals surface area (Å²) in [6.07, 6.45) is 0.162. The molecule has 0 fully saturated rings. The van der Waals surface area contributed by atoms with Gasteiger partial charge in [-0.25, -0.2) is 0 Å². The summed E-state index contributed by atoms with van der Waals surface area (Å²) in [5.41, 5.74) is 15.3. The number of rotatable bonds is 7. The van der Waals surface area contributed by atoms with Crippen LogP contribution in [0.15, 0.2) is 42.5 Å². The highest BCUT2D eigenvalue weighted by atomic mass is 35.5. The molecule has 162 valence electrons. The number of nitriles is 1. The van der Waals surface area contributed by atoms with Gasteiger partial charge in [0.1, 0.15) is 18.3 Å². The topological polar surface area (TPSA) is 166 Å². The van der Waals surface area contributed by atoms with Crippen LogP contribution in [0.2, 0.25) is 0 Å². The quantitative estimate of drug-likeness (QED) is 0.157. The molecule has 0 aliphatic rings. The van der Waals surface area contributed by atoms with Gasteiger partial charge in [0, 0.05) is 22.0 Å². The van der Waals surface area contributed by atoms with E-state index in [1.165, 1.54) is 0 Å². The van der Waals surface area contributed by atoms with E-state index in [9.17, 15) is 4.79 Å². The summed E-state index contributed by atoms with van der Waals surface area (Å²) < 4.78 is 5.13. The summed E-state index contributed by atoms with van der Waals surface area (Å²) in [5, 5.41) is 24.6. The van der Waals surface area contributed by atoms with E-state index >= 15 is 0 Å². The van der Waals surface area contributed by atoms with E-state index in [0.717, 1.165) is 27.7 Å². The number of hydrogen-bond acceptors (Lipinski definition) is 5. The van der Waals surface area contributed by atoms with Crippen LogP contribution in [0.25, 0.3) is 22.2 Å². The summed E-state index contributed by atoms with van der Waals surface area (Å²) in [6.45, 7) is 0.0504. The van der Waals surface area contributed by atoms with Crippen LogP contribution in [-0.4, -0.2) is 29.2 Å². The van der Waals surface area contributed by atoms with E-state index in [1.54, 1.807) is 24.3 Å². The van der Waals surface area contributed by atoms with Gasteiger partial charge in [0.05, 0.1) is 24.6 Å². The Labute approximate surface area is 191 Å². The maximum Gasteiger partial charge on any atom is 0.310 e. The molecule has 8 nitrogen and oxygen atoms in total. The number of aromatic nitrogens is 1. The second-order valence-corrected chi connectivity index (χ2v) is 6.45. The Morgan fingerprint density at radius 1 is 1.03 bits per heavy atom. The van der Waals surface area contributed by atoms with Gasteiger partial charge < -0.3 is 21.2 Å². The first-order valence-electron chi connectivity index (χ1n) is 8.87. The van der Waals surface area contributed by atoms with Gasteiger partial charge in [-0.15, -0.1) is 24.8 Å². The van der Waals surface area contributed by atoms with Crippen LogP contribution in [0.3, 0.4) is 0 Å². The molecule has 0 bridgehead atoms. The van der Waals surface area contributed by atoms with Gasteiger partial charge in [-0.05, 0) is 17.2 Å². The molecule has 1 heterocycles. The Hall–Kier alpha value is -3.54. The minimum atomic E-state index is -0.432. The smallest absolute Gasteiger partial charge is 0.310 e. The number of benzene rings is 2. The first-order chi connectivity index (χ1) is 13.9. The molecule has 31 heavy (non-hydrogen) atoms. The SMILES string of the molecule is Cl.Cl.N#CCCOC(=O)Cc1c(-c2ccc(C(=N)N)cc2)[nH]c2cc(C(=N)N)ccc12. The fourth-order valence-corrected chi connectivity index (χ4v) is 3.08. The van der Waals surface area contributed by atoms with Gasteiger partial charge in [0.2, 0.25) is 0 Å². The number of halogens is 2. The molecule has 0 aliphatic carbocycles. The third-order valence-electron chi connectivity index (χ3n) is 4.50. The molecule has 0 radical (unpaired) electrons. The lowest BCUT2D eigenvalue weighted by atomic mass is 10.0. The summed E-state index contributed by atoms with van der Waals surface area (Å²) >= 11 is 0. The number of fused-ring (bicyclic) bond motifs is 1. The van der Waals surface area contributed by atoms with Gasteiger partial charge in [0.15, 0.2) is 0 Å². The molecular weight excluding hydrogens is 439 g/mol. The molecule has 3 rings (SSSR count). The molecule has 0 saturated carbocycles. The van der Waals surface area contributed by atoms with Gasteiger partial charge in [-0.2, -0.15) is 5.26 Å². The molecule has 0 saturated heterocycles. The second kappa shape index (κ2) is 11.0. The van der Waals surface area contributed by atoms with E-state index in [4.69, 9.17) is 32.3 Å². The van der Waals surface area contributed by atoms with Crippen molar-refractivity contribution in [3.8, 4) is 17.3 Å². The summed E-state index contributed by atoms with van der Waals surface area (Å²) in [7, 11) is 0. The van der Waals surface area contributed by atoms with Gasteiger partial charge in [-0.3, -0.25) is 15.6 Å². The van der Waals surface area contributed by atoms with E-state index in [2.05, 4.69) is 4.98 Å². The van der Waals surface area contributed by atoms with Gasteiger partial charge in [0.25, 0.3) is 0 Å². The average Bonchev–Trinajstić information content (AvgIpc) is 3.05. The number of nitrogens with zero attached hydrogens (tertiary/aromatic N) is 1. The van der Waals surface area contributed by atoms with Crippen molar-refractivity contribution in [1.82, 2.24) is 4.98 Å². The van der Waals surface area contributed by atoms with Crippen molar-refractivity contribution in [2.75, 3.05) is 6.61 Å². The fraction of sp³-hybridized carbons (Fsp3) is 0.143. The summed E-state index contributed by atoms with van der Waals surface area (Å²) in [6, 6.07) is 14.3. The standard InChI is InChI=1S/C21H20N6O2.2ClH/c22-8-1-9-29-18(28)11-16-15-7-6-14(21(25)26)10-17(15)27-19(16)12-2-4-13(5-3-12)20(23)24;;/h2-7,10,27H,1,9,11H2,(H3,23,24)(H3,25,26);2*1H. The number of carbonyl (C=O) groups is 1. The maximum absolute atomic E-state index is 12.3. The molecule has 7 N–H and O–H groups in total. The molecule has 0 spiro atoms. The van der Waals surface area contributed by atoms with Crippen LogP contribution in [0, 0.1) is 22.1 Å². The molecular formula is C21H22Cl2N6O2. The third kappa shape index (κ3) is 5.75. The fourth-order valence-electron chi connectivity index (χ4n) is 3.08. The molecule has 0 aliphatic heterocycles. The molecule has 10 heteroatoms. The number of carbonyl (C=O) groups excluding carboxylic acids is 1. The maximum atomic E-state index is 12.3. The minimum absolute atomic E-state index is 0. The molecule has 3 aromatic rings. The number of H-pyrrole nitrogens is 1. The number of amidine groups is 2. The Morgan fingerprint density at radius 3 is 2.23 bits per heavy atom. The van der Waals surface area contributed by atoms with Crippen molar-refractivity contribution in [3.63, 3.8) is 0 Å². The molecule has 0 amide bonds. The Bertz CT molecular complexity index is 1150. The predicted octanol–water partition coefficient (Wildman–Crippen LogP) is 3.25. The molecule has 0 unspecified atom stereocenters. The lowest BCUT2D eigenvalue weighted by Crippen LogP contribution is -2.11. The van der Waals surface area contributed by atoms with E-state index in [0.29, 0.717) is 11.1 Å². The van der Waals surface area contributed by atoms with E-state index in [1.807, 2.05) is 24.3 Å². The van der Waals surface area contributed by atoms with Crippen molar-refractivity contribution in [3.05, 3.63) is 59.2 Å². The molecule has 2 aromatic carbocycles. The third-order valence-corrected chi connectivity index (χ3v) is 4.50. The van der Waals surface area contributed by atoms with Crippen molar-refractivity contribution in [2.45, 2.75) is 12.8 Å². The first-order valence-corrected chi connectivity index (χ1v) is 8.87. The number of ether oxygens (including phenoxy) is 1. The van der Waals surface area contributed by atoms with Crippen molar-refractivity contribution >= 4 is 53.4 Å². The number of nitrogens with one attached hydrogen (secondary N) is 3. The van der Waals surface area contributed by atoms with Crippen LogP contribution in [-0.2, 0) is 16.0 Å². The minimum Gasteiger partial charge on any atom is -0.464 e. The highest BCUT2D eigenvalue weighted by molar-refractivity contribution is 6.01. The molecule has 1 aromatic heterocycles. The highest BCUT2D eigenvalue weighted by Crippen LogP contribution is 2.32. The van der Waals surface area contributed by atoms with E-state index in [-0.39, 0.29) is 55.9 Å². The van der Waals surface area contributed by atoms with Crippen molar-refractivity contribution in [1.29, 1.82) is 16.1 Å². The largest absolute Gasteiger partial charge is 0.464 e. The Kier molecular flexibility index (Phi) is 9.06. The van der Waals surface area contributed by atoms with Gasteiger partial charge >= 0.3 is 5.97 Å². The van der Waals surface area contributed by atoms with Crippen molar-refractivity contribution < 1.29 is 9.53 Å². The average molecular weight is 461 g/mol. The predicted molar refractivity (Wildman–Crippen MR) is 125 cm³/mol. The zero-order valence-electron chi connectivity index (χ0n) is 16.4. The summed E-state index contributed by atoms with van der Waals surface area (Å²) in [4.78, 5) is 15.6. The zero-order valence-corrected chi connectivity index (χ0v) is 18.0. The normalized spacial score (nSPS) is 9.77. The number of nitrogen functional groups attached to an aromatic ring is 2. The van der Waals surface area contributed by atoms with Gasteiger partial charge in [-0.1, -0.05) is 36.4 Å². The number of esters is 1. The van der Waals surface area contributed by atoms with Crippen molar-refractivity contribution in [2.24, 2.45) is 11.5 Å². The Balaban J connectivity index is 0.00000240. The molecule has 0 atom stereocenters.